The van der Waals surface area contributed by atoms with Crippen LogP contribution < -0.4 is 4.74 Å². The molecule has 0 saturated carbocycles. The summed E-state index contributed by atoms with van der Waals surface area (Å²) in [5.74, 6) is 0.581. The van der Waals surface area contributed by atoms with E-state index in [1.165, 1.54) is 6.33 Å². The number of aromatic nitrogens is 6. The van der Waals surface area contributed by atoms with Crippen molar-refractivity contribution in [3.63, 3.8) is 0 Å². The van der Waals surface area contributed by atoms with Crippen molar-refractivity contribution in [1.29, 1.82) is 0 Å². The van der Waals surface area contributed by atoms with Gasteiger partial charge in [-0.1, -0.05) is 0 Å². The Balaban J connectivity index is 1.64. The highest BCUT2D eigenvalue weighted by Gasteiger charge is 2.22. The number of aryl methyl sites for hydroxylation is 2. The maximum absolute atomic E-state index is 11.6. The molecule has 1 saturated heterocycles. The zero-order valence-corrected chi connectivity index (χ0v) is 15.8. The SMILES string of the molecule is CC(=O)N1CCC[C@@H](Oc2nc(-c3cn(C)nc3C)cn3ncnc23)CC1. The lowest BCUT2D eigenvalue weighted by Crippen LogP contribution is -2.30. The lowest BCUT2D eigenvalue weighted by Gasteiger charge is -2.19. The number of fused-ring (bicyclic) bond motifs is 1. The lowest BCUT2D eigenvalue weighted by molar-refractivity contribution is -0.128. The summed E-state index contributed by atoms with van der Waals surface area (Å²) in [4.78, 5) is 22.5. The Hall–Kier alpha value is -2.97. The summed E-state index contributed by atoms with van der Waals surface area (Å²) in [6, 6.07) is 0. The van der Waals surface area contributed by atoms with Crippen molar-refractivity contribution in [2.45, 2.75) is 39.2 Å². The standard InChI is InChI=1S/C18H23N7O2/c1-12-15(9-23(3)22-12)16-10-25-17(19-11-20-25)18(21-16)27-14-5-4-7-24(8-6-14)13(2)26/h9-11,14H,4-8H2,1-3H3/t14-/m1/s1. The van der Waals surface area contributed by atoms with E-state index < -0.39 is 0 Å². The fraction of sp³-hybridized carbons (Fsp3) is 0.500. The first-order valence-electron chi connectivity index (χ1n) is 9.14. The van der Waals surface area contributed by atoms with Crippen LogP contribution in [-0.4, -0.2) is 59.4 Å². The summed E-state index contributed by atoms with van der Waals surface area (Å²) < 4.78 is 9.69. The van der Waals surface area contributed by atoms with Crippen molar-refractivity contribution in [1.82, 2.24) is 34.3 Å². The number of carbonyl (C=O) groups is 1. The van der Waals surface area contributed by atoms with Gasteiger partial charge >= 0.3 is 0 Å². The topological polar surface area (TPSA) is 90.4 Å². The van der Waals surface area contributed by atoms with Crippen molar-refractivity contribution in [2.75, 3.05) is 13.1 Å². The van der Waals surface area contributed by atoms with E-state index in [-0.39, 0.29) is 12.0 Å². The van der Waals surface area contributed by atoms with Crippen molar-refractivity contribution >= 4 is 11.6 Å². The van der Waals surface area contributed by atoms with Crippen molar-refractivity contribution in [3.8, 4) is 17.1 Å². The van der Waals surface area contributed by atoms with Crippen LogP contribution in [0, 0.1) is 6.92 Å². The smallest absolute Gasteiger partial charge is 0.260 e. The highest BCUT2D eigenvalue weighted by atomic mass is 16.5. The molecule has 27 heavy (non-hydrogen) atoms. The zero-order chi connectivity index (χ0) is 19.0. The Kier molecular flexibility index (Phi) is 4.51. The molecule has 1 atom stereocenters. The Morgan fingerprint density at radius 2 is 2.11 bits per heavy atom. The van der Waals surface area contributed by atoms with Crippen LogP contribution in [0.5, 0.6) is 5.88 Å². The van der Waals surface area contributed by atoms with Gasteiger partial charge in [-0.15, -0.1) is 0 Å². The first kappa shape index (κ1) is 17.4. The molecule has 9 heteroatoms. The van der Waals surface area contributed by atoms with Crippen LogP contribution in [0.1, 0.15) is 31.9 Å². The van der Waals surface area contributed by atoms with Crippen molar-refractivity contribution < 1.29 is 9.53 Å². The second-order valence-electron chi connectivity index (χ2n) is 6.94. The normalized spacial score (nSPS) is 17.9. The zero-order valence-electron chi connectivity index (χ0n) is 15.8. The van der Waals surface area contributed by atoms with Gasteiger partial charge in [-0.2, -0.15) is 10.2 Å². The second-order valence-corrected chi connectivity index (χ2v) is 6.94. The molecule has 0 spiro atoms. The van der Waals surface area contributed by atoms with Gasteiger partial charge in [0, 0.05) is 45.2 Å². The first-order chi connectivity index (χ1) is 13.0. The fourth-order valence-corrected chi connectivity index (χ4v) is 3.52. The highest BCUT2D eigenvalue weighted by Crippen LogP contribution is 2.26. The van der Waals surface area contributed by atoms with Gasteiger partial charge in [0.15, 0.2) is 0 Å². The first-order valence-corrected chi connectivity index (χ1v) is 9.14. The third-order valence-corrected chi connectivity index (χ3v) is 4.92. The number of rotatable bonds is 3. The van der Waals surface area contributed by atoms with Gasteiger partial charge in [0.1, 0.15) is 12.4 Å². The Bertz CT molecular complexity index is 977. The largest absolute Gasteiger partial charge is 0.472 e. The van der Waals surface area contributed by atoms with E-state index in [1.807, 2.05) is 31.3 Å². The van der Waals surface area contributed by atoms with Gasteiger partial charge in [-0.3, -0.25) is 9.48 Å². The third-order valence-electron chi connectivity index (χ3n) is 4.92. The van der Waals surface area contributed by atoms with Gasteiger partial charge in [-0.05, 0) is 19.8 Å². The van der Waals surface area contributed by atoms with Crippen molar-refractivity contribution in [3.05, 3.63) is 24.4 Å². The predicted octanol–water partition coefficient (Wildman–Crippen LogP) is 1.61. The number of likely N-dealkylation sites (tertiary alicyclic amines) is 1. The van der Waals surface area contributed by atoms with E-state index in [0.717, 1.165) is 42.8 Å². The molecule has 4 heterocycles. The Morgan fingerprint density at radius 3 is 2.85 bits per heavy atom. The molecule has 1 amide bonds. The molecule has 0 bridgehead atoms. The Morgan fingerprint density at radius 1 is 1.26 bits per heavy atom. The average Bonchev–Trinajstić information content (AvgIpc) is 3.14. The molecule has 9 nitrogen and oxygen atoms in total. The highest BCUT2D eigenvalue weighted by molar-refractivity contribution is 5.73. The third kappa shape index (κ3) is 3.49. The molecular weight excluding hydrogens is 346 g/mol. The van der Waals surface area contributed by atoms with E-state index >= 15 is 0 Å². The van der Waals surface area contributed by atoms with Crippen LogP contribution in [0.2, 0.25) is 0 Å². The van der Waals surface area contributed by atoms with Gasteiger partial charge < -0.3 is 9.64 Å². The van der Waals surface area contributed by atoms with E-state index in [9.17, 15) is 4.79 Å². The fourth-order valence-electron chi connectivity index (χ4n) is 3.52. The number of nitrogens with zero attached hydrogens (tertiary/aromatic N) is 7. The van der Waals surface area contributed by atoms with Gasteiger partial charge in [-0.25, -0.2) is 14.5 Å². The van der Waals surface area contributed by atoms with Crippen molar-refractivity contribution in [2.24, 2.45) is 7.05 Å². The number of amides is 1. The molecule has 142 valence electrons. The molecular formula is C18H23N7O2. The van der Waals surface area contributed by atoms with Crippen LogP contribution in [0.3, 0.4) is 0 Å². The van der Waals surface area contributed by atoms with E-state index in [0.29, 0.717) is 18.1 Å². The molecule has 0 aliphatic carbocycles. The summed E-state index contributed by atoms with van der Waals surface area (Å²) in [5.41, 5.74) is 3.16. The molecule has 3 aromatic heterocycles. The van der Waals surface area contributed by atoms with E-state index in [1.54, 1.807) is 16.1 Å². The molecule has 4 rings (SSSR count). The van der Waals surface area contributed by atoms with E-state index in [4.69, 9.17) is 9.72 Å². The van der Waals surface area contributed by atoms with Crippen LogP contribution in [0.25, 0.3) is 16.9 Å². The summed E-state index contributed by atoms with van der Waals surface area (Å²) in [5, 5.41) is 8.65. The lowest BCUT2D eigenvalue weighted by atomic mass is 10.1. The number of carbonyl (C=O) groups excluding carboxylic acids is 1. The van der Waals surface area contributed by atoms with Crippen LogP contribution in [0.15, 0.2) is 18.7 Å². The molecule has 1 aliphatic heterocycles. The molecule has 0 unspecified atom stereocenters. The van der Waals surface area contributed by atoms with Gasteiger partial charge in [0.25, 0.3) is 5.88 Å². The number of hydrogen-bond donors (Lipinski definition) is 0. The molecule has 0 radical (unpaired) electrons. The maximum atomic E-state index is 11.6. The predicted molar refractivity (Wildman–Crippen MR) is 98.2 cm³/mol. The quantitative estimate of drug-likeness (QED) is 0.697. The van der Waals surface area contributed by atoms with Crippen LogP contribution in [-0.2, 0) is 11.8 Å². The summed E-state index contributed by atoms with van der Waals surface area (Å²) in [6.07, 6.45) is 7.82. The molecule has 0 aromatic carbocycles. The number of hydrogen-bond acceptors (Lipinski definition) is 6. The summed E-state index contributed by atoms with van der Waals surface area (Å²) in [6.45, 7) is 5.04. The molecule has 3 aromatic rings. The monoisotopic (exact) mass is 369 g/mol. The minimum absolute atomic E-state index is 0.00686. The summed E-state index contributed by atoms with van der Waals surface area (Å²) >= 11 is 0. The molecule has 1 aliphatic rings. The van der Waals surface area contributed by atoms with E-state index in [2.05, 4.69) is 15.2 Å². The van der Waals surface area contributed by atoms with Crippen LogP contribution >= 0.6 is 0 Å². The average molecular weight is 369 g/mol. The second kappa shape index (κ2) is 6.98. The number of ether oxygens (including phenoxy) is 1. The summed E-state index contributed by atoms with van der Waals surface area (Å²) in [7, 11) is 1.88. The molecule has 1 fully saturated rings. The Labute approximate surface area is 157 Å². The van der Waals surface area contributed by atoms with Gasteiger partial charge in [0.2, 0.25) is 11.6 Å². The maximum Gasteiger partial charge on any atom is 0.260 e. The minimum Gasteiger partial charge on any atom is -0.472 e. The van der Waals surface area contributed by atoms with Crippen LogP contribution in [0.4, 0.5) is 0 Å². The minimum atomic E-state index is -0.00686. The van der Waals surface area contributed by atoms with Gasteiger partial charge in [0.05, 0.1) is 17.6 Å². The molecule has 0 N–H and O–H groups in total.